The van der Waals surface area contributed by atoms with Crippen molar-refractivity contribution >= 4 is 15.9 Å². The molecule has 0 aliphatic carbocycles. The molecule has 2 rings (SSSR count). The Kier molecular flexibility index (Phi) is 4.43. The number of hydrogen-bond donors (Lipinski definition) is 0. The van der Waals surface area contributed by atoms with E-state index in [0.29, 0.717) is 13.2 Å². The lowest BCUT2D eigenvalue weighted by Gasteiger charge is -2.11. The number of hydrogen-bond acceptors (Lipinski definition) is 2. The van der Waals surface area contributed by atoms with E-state index in [0.717, 1.165) is 15.8 Å². The normalized spacial score (nSPS) is 10.5. The van der Waals surface area contributed by atoms with Crippen LogP contribution >= 0.6 is 15.9 Å². The monoisotopic (exact) mass is 321 g/mol. The summed E-state index contributed by atoms with van der Waals surface area (Å²) in [6, 6.07) is 9.39. The highest BCUT2D eigenvalue weighted by Gasteiger charge is 2.01. The number of aryl methyl sites for hydroxylation is 2. The molecule has 2 aromatic rings. The van der Waals surface area contributed by atoms with Gasteiger partial charge in [0.25, 0.3) is 5.56 Å². The summed E-state index contributed by atoms with van der Waals surface area (Å²) in [7, 11) is 0. The van der Waals surface area contributed by atoms with Crippen LogP contribution in [0.1, 0.15) is 11.1 Å². The summed E-state index contributed by atoms with van der Waals surface area (Å²) in [6.45, 7) is 5.05. The third-order valence-corrected chi connectivity index (χ3v) is 3.35. The molecule has 19 heavy (non-hydrogen) atoms. The van der Waals surface area contributed by atoms with Gasteiger partial charge in [0.15, 0.2) is 0 Å². The number of ether oxygens (including phenoxy) is 1. The summed E-state index contributed by atoms with van der Waals surface area (Å²) >= 11 is 3.35. The fourth-order valence-electron chi connectivity index (χ4n) is 1.79. The lowest BCUT2D eigenvalue weighted by atomic mass is 10.1. The molecule has 0 unspecified atom stereocenters. The molecule has 0 fully saturated rings. The Morgan fingerprint density at radius 2 is 2.00 bits per heavy atom. The number of rotatable bonds is 4. The van der Waals surface area contributed by atoms with E-state index < -0.39 is 0 Å². The highest BCUT2D eigenvalue weighted by Crippen LogP contribution is 2.18. The van der Waals surface area contributed by atoms with Gasteiger partial charge < -0.3 is 9.30 Å². The molecule has 0 saturated carbocycles. The average molecular weight is 322 g/mol. The van der Waals surface area contributed by atoms with Crippen LogP contribution in [0.5, 0.6) is 5.75 Å². The van der Waals surface area contributed by atoms with Crippen LogP contribution in [0.4, 0.5) is 0 Å². The number of aromatic nitrogens is 1. The van der Waals surface area contributed by atoms with Crippen molar-refractivity contribution in [2.24, 2.45) is 0 Å². The molecule has 4 heteroatoms. The van der Waals surface area contributed by atoms with Gasteiger partial charge in [0.05, 0.1) is 6.54 Å². The Morgan fingerprint density at radius 1 is 1.21 bits per heavy atom. The maximum atomic E-state index is 11.6. The number of nitrogens with zero attached hydrogens (tertiary/aromatic N) is 1. The van der Waals surface area contributed by atoms with Crippen molar-refractivity contribution in [1.29, 1.82) is 0 Å². The lowest BCUT2D eigenvalue weighted by Crippen LogP contribution is -2.21. The van der Waals surface area contributed by atoms with Gasteiger partial charge in [0.1, 0.15) is 12.4 Å². The number of benzene rings is 1. The van der Waals surface area contributed by atoms with Gasteiger partial charge in [0.2, 0.25) is 0 Å². The lowest BCUT2D eigenvalue weighted by molar-refractivity contribution is 0.294. The Morgan fingerprint density at radius 3 is 2.79 bits per heavy atom. The predicted octanol–water partition coefficient (Wildman–Crippen LogP) is 3.31. The van der Waals surface area contributed by atoms with Gasteiger partial charge in [-0.3, -0.25) is 4.79 Å². The number of pyridine rings is 1. The summed E-state index contributed by atoms with van der Waals surface area (Å²) in [6.07, 6.45) is 1.77. The van der Waals surface area contributed by atoms with Crippen molar-refractivity contribution in [3.05, 3.63) is 62.5 Å². The largest absolute Gasteiger partial charge is 0.491 e. The molecule has 1 heterocycles. The second-order valence-electron chi connectivity index (χ2n) is 4.50. The molecule has 0 bridgehead atoms. The van der Waals surface area contributed by atoms with E-state index in [2.05, 4.69) is 22.0 Å². The third kappa shape index (κ3) is 3.70. The van der Waals surface area contributed by atoms with Crippen LogP contribution in [0.3, 0.4) is 0 Å². The van der Waals surface area contributed by atoms with Crippen LogP contribution in [0.2, 0.25) is 0 Å². The smallest absolute Gasteiger partial charge is 0.250 e. The maximum Gasteiger partial charge on any atom is 0.250 e. The van der Waals surface area contributed by atoms with Crippen LogP contribution < -0.4 is 10.3 Å². The molecule has 1 aromatic heterocycles. The first kappa shape index (κ1) is 13.9. The van der Waals surface area contributed by atoms with E-state index in [-0.39, 0.29) is 5.56 Å². The summed E-state index contributed by atoms with van der Waals surface area (Å²) in [4.78, 5) is 11.6. The fraction of sp³-hybridized carbons (Fsp3) is 0.267. The first-order valence-electron chi connectivity index (χ1n) is 6.12. The zero-order valence-corrected chi connectivity index (χ0v) is 12.6. The minimum atomic E-state index is -0.0206. The van der Waals surface area contributed by atoms with E-state index in [9.17, 15) is 4.79 Å². The van der Waals surface area contributed by atoms with Crippen molar-refractivity contribution in [3.63, 3.8) is 0 Å². The molecule has 0 atom stereocenters. The van der Waals surface area contributed by atoms with Gasteiger partial charge in [-0.2, -0.15) is 0 Å². The quantitative estimate of drug-likeness (QED) is 0.865. The summed E-state index contributed by atoms with van der Waals surface area (Å²) < 4.78 is 8.26. The van der Waals surface area contributed by atoms with Crippen LogP contribution in [0, 0.1) is 13.8 Å². The Labute approximate surface area is 121 Å². The molecule has 0 aliphatic heterocycles. The highest BCUT2D eigenvalue weighted by atomic mass is 79.9. The van der Waals surface area contributed by atoms with E-state index in [1.807, 2.05) is 26.0 Å². The van der Waals surface area contributed by atoms with E-state index in [4.69, 9.17) is 4.74 Å². The molecule has 1 aromatic carbocycles. The standard InChI is InChI=1S/C15H16BrNO2/c1-11-3-4-12(2)14(9-11)19-8-7-17-10-13(16)5-6-15(17)18/h3-6,9-10H,7-8H2,1-2H3. The third-order valence-electron chi connectivity index (χ3n) is 2.88. The average Bonchev–Trinajstić information content (AvgIpc) is 2.38. The van der Waals surface area contributed by atoms with Crippen LogP contribution in [-0.2, 0) is 6.54 Å². The molecule has 0 N–H and O–H groups in total. The summed E-state index contributed by atoms with van der Waals surface area (Å²) in [5, 5.41) is 0. The molecular weight excluding hydrogens is 306 g/mol. The van der Waals surface area contributed by atoms with Crippen molar-refractivity contribution in [1.82, 2.24) is 4.57 Å². The predicted molar refractivity (Wildman–Crippen MR) is 79.8 cm³/mol. The zero-order valence-electron chi connectivity index (χ0n) is 11.0. The zero-order chi connectivity index (χ0) is 13.8. The van der Waals surface area contributed by atoms with Gasteiger partial charge in [-0.15, -0.1) is 0 Å². The first-order chi connectivity index (χ1) is 9.06. The second kappa shape index (κ2) is 6.06. The summed E-state index contributed by atoms with van der Waals surface area (Å²) in [5.74, 6) is 0.878. The van der Waals surface area contributed by atoms with Crippen LogP contribution in [0.15, 0.2) is 45.8 Å². The van der Waals surface area contributed by atoms with Crippen molar-refractivity contribution in [2.45, 2.75) is 20.4 Å². The fourth-order valence-corrected chi connectivity index (χ4v) is 2.17. The second-order valence-corrected chi connectivity index (χ2v) is 5.41. The van der Waals surface area contributed by atoms with Crippen molar-refractivity contribution < 1.29 is 4.74 Å². The van der Waals surface area contributed by atoms with E-state index in [1.54, 1.807) is 22.9 Å². The molecule has 100 valence electrons. The topological polar surface area (TPSA) is 31.2 Å². The Bertz CT molecular complexity index is 634. The molecule has 0 radical (unpaired) electrons. The minimum absolute atomic E-state index is 0.0206. The summed E-state index contributed by atoms with van der Waals surface area (Å²) in [5.41, 5.74) is 2.25. The van der Waals surface area contributed by atoms with Crippen molar-refractivity contribution in [3.8, 4) is 5.75 Å². The van der Waals surface area contributed by atoms with Gasteiger partial charge in [0, 0.05) is 16.7 Å². The molecule has 0 amide bonds. The van der Waals surface area contributed by atoms with Gasteiger partial charge >= 0.3 is 0 Å². The van der Waals surface area contributed by atoms with Crippen LogP contribution in [0.25, 0.3) is 0 Å². The number of halogens is 1. The van der Waals surface area contributed by atoms with Gasteiger partial charge in [-0.05, 0) is 53.0 Å². The Balaban J connectivity index is 2.02. The maximum absolute atomic E-state index is 11.6. The van der Waals surface area contributed by atoms with E-state index in [1.165, 1.54) is 5.56 Å². The van der Waals surface area contributed by atoms with Gasteiger partial charge in [-0.25, -0.2) is 0 Å². The Hall–Kier alpha value is -1.55. The molecule has 0 saturated heterocycles. The SMILES string of the molecule is Cc1ccc(C)c(OCCn2cc(Br)ccc2=O)c1. The molecule has 0 spiro atoms. The van der Waals surface area contributed by atoms with Crippen molar-refractivity contribution in [2.75, 3.05) is 6.61 Å². The molecular formula is C15H16BrNO2. The van der Waals surface area contributed by atoms with E-state index >= 15 is 0 Å². The van der Waals surface area contributed by atoms with Crippen LogP contribution in [-0.4, -0.2) is 11.2 Å². The van der Waals surface area contributed by atoms with Gasteiger partial charge in [-0.1, -0.05) is 12.1 Å². The highest BCUT2D eigenvalue weighted by molar-refractivity contribution is 9.10. The molecule has 3 nitrogen and oxygen atoms in total. The first-order valence-corrected chi connectivity index (χ1v) is 6.91. The molecule has 0 aliphatic rings. The minimum Gasteiger partial charge on any atom is -0.491 e.